The van der Waals surface area contributed by atoms with Crippen molar-refractivity contribution in [2.75, 3.05) is 6.54 Å². The van der Waals surface area contributed by atoms with Crippen LogP contribution < -0.4 is 5.48 Å². The van der Waals surface area contributed by atoms with Crippen molar-refractivity contribution in [3.63, 3.8) is 0 Å². The Kier molecular flexibility index (Phi) is 3.11. The number of benzene rings is 1. The Morgan fingerprint density at radius 1 is 1.27 bits per heavy atom. The van der Waals surface area contributed by atoms with Gasteiger partial charge in [-0.25, -0.2) is 10.5 Å². The zero-order valence-electron chi connectivity index (χ0n) is 8.27. The van der Waals surface area contributed by atoms with Crippen LogP contribution in [0, 0.1) is 0 Å². The molecule has 1 aromatic heterocycles. The van der Waals surface area contributed by atoms with Crippen LogP contribution in [0.15, 0.2) is 36.5 Å². The molecular weight excluding hydrogens is 190 g/mol. The van der Waals surface area contributed by atoms with E-state index >= 15 is 0 Å². The van der Waals surface area contributed by atoms with Gasteiger partial charge in [0.05, 0.1) is 0 Å². The Morgan fingerprint density at radius 2 is 2.07 bits per heavy atom. The molecule has 0 bridgehead atoms. The van der Waals surface area contributed by atoms with Crippen LogP contribution in [0.4, 0.5) is 0 Å². The van der Waals surface area contributed by atoms with Gasteiger partial charge in [0.1, 0.15) is 5.82 Å². The minimum atomic E-state index is 0.524. The molecule has 0 unspecified atom stereocenters. The number of aromatic amines is 1. The molecule has 4 nitrogen and oxygen atoms in total. The number of hydrogen-bond acceptors (Lipinski definition) is 3. The molecule has 0 aliphatic heterocycles. The summed E-state index contributed by atoms with van der Waals surface area (Å²) in [5.74, 6) is 0.864. The molecule has 0 radical (unpaired) electrons. The van der Waals surface area contributed by atoms with Crippen LogP contribution in [0.1, 0.15) is 5.69 Å². The van der Waals surface area contributed by atoms with Crippen molar-refractivity contribution in [3.8, 4) is 11.4 Å². The first kappa shape index (κ1) is 9.89. The maximum Gasteiger partial charge on any atom is 0.137 e. The molecule has 0 aliphatic rings. The van der Waals surface area contributed by atoms with Crippen molar-refractivity contribution < 1.29 is 5.21 Å². The first-order valence-electron chi connectivity index (χ1n) is 4.86. The normalized spacial score (nSPS) is 10.5. The Balaban J connectivity index is 2.14. The molecule has 0 spiro atoms. The van der Waals surface area contributed by atoms with E-state index in [1.165, 1.54) is 0 Å². The number of imidazole rings is 1. The Labute approximate surface area is 87.9 Å². The summed E-state index contributed by atoms with van der Waals surface area (Å²) in [4.78, 5) is 7.48. The van der Waals surface area contributed by atoms with Crippen molar-refractivity contribution in [1.29, 1.82) is 0 Å². The number of aromatic nitrogens is 2. The van der Waals surface area contributed by atoms with Crippen LogP contribution in [-0.4, -0.2) is 21.7 Å². The summed E-state index contributed by atoms with van der Waals surface area (Å²) >= 11 is 0. The topological polar surface area (TPSA) is 60.9 Å². The van der Waals surface area contributed by atoms with Gasteiger partial charge in [0, 0.05) is 30.4 Å². The van der Waals surface area contributed by atoms with Crippen LogP contribution in [0.5, 0.6) is 0 Å². The van der Waals surface area contributed by atoms with Crippen molar-refractivity contribution in [2.45, 2.75) is 6.42 Å². The lowest BCUT2D eigenvalue weighted by molar-refractivity contribution is 0.168. The summed E-state index contributed by atoms with van der Waals surface area (Å²) in [6, 6.07) is 9.95. The highest BCUT2D eigenvalue weighted by Gasteiger charge is 2.01. The summed E-state index contributed by atoms with van der Waals surface area (Å²) in [7, 11) is 0. The van der Waals surface area contributed by atoms with Gasteiger partial charge in [-0.3, -0.25) is 0 Å². The van der Waals surface area contributed by atoms with Gasteiger partial charge in [0.15, 0.2) is 0 Å². The molecule has 2 rings (SSSR count). The smallest absolute Gasteiger partial charge is 0.137 e. The van der Waals surface area contributed by atoms with E-state index in [0.29, 0.717) is 6.54 Å². The fourth-order valence-corrected chi connectivity index (χ4v) is 1.42. The summed E-state index contributed by atoms with van der Waals surface area (Å²) in [6.45, 7) is 0.524. The van der Waals surface area contributed by atoms with Gasteiger partial charge < -0.3 is 10.2 Å². The third kappa shape index (κ3) is 2.43. The molecule has 0 aliphatic carbocycles. The minimum Gasteiger partial charge on any atom is -0.342 e. The molecule has 4 heteroatoms. The van der Waals surface area contributed by atoms with Gasteiger partial charge in [0.2, 0.25) is 0 Å². The van der Waals surface area contributed by atoms with Gasteiger partial charge in [-0.1, -0.05) is 30.3 Å². The van der Waals surface area contributed by atoms with Crippen molar-refractivity contribution >= 4 is 0 Å². The molecule has 15 heavy (non-hydrogen) atoms. The Morgan fingerprint density at radius 3 is 2.80 bits per heavy atom. The van der Waals surface area contributed by atoms with E-state index in [9.17, 15) is 0 Å². The average Bonchev–Trinajstić information content (AvgIpc) is 2.76. The molecule has 1 heterocycles. The van der Waals surface area contributed by atoms with Gasteiger partial charge in [0.25, 0.3) is 0 Å². The van der Waals surface area contributed by atoms with E-state index in [0.717, 1.165) is 23.5 Å². The largest absolute Gasteiger partial charge is 0.342 e. The number of H-pyrrole nitrogens is 1. The van der Waals surface area contributed by atoms with E-state index in [-0.39, 0.29) is 0 Å². The zero-order valence-corrected chi connectivity index (χ0v) is 8.27. The van der Waals surface area contributed by atoms with Crippen LogP contribution in [-0.2, 0) is 6.42 Å². The third-order valence-electron chi connectivity index (χ3n) is 2.18. The minimum absolute atomic E-state index is 0.524. The predicted molar refractivity (Wildman–Crippen MR) is 57.5 cm³/mol. The van der Waals surface area contributed by atoms with Crippen molar-refractivity contribution in [1.82, 2.24) is 15.4 Å². The maximum absolute atomic E-state index is 8.47. The molecule has 0 amide bonds. The summed E-state index contributed by atoms with van der Waals surface area (Å²) < 4.78 is 0. The Bertz CT molecular complexity index is 411. The summed E-state index contributed by atoms with van der Waals surface area (Å²) in [6.07, 6.45) is 2.52. The quantitative estimate of drug-likeness (QED) is 0.661. The molecule has 2 aromatic rings. The second kappa shape index (κ2) is 4.72. The standard InChI is InChI=1S/C11H13N3O/c15-13-7-6-10-8-12-11(14-10)9-4-2-1-3-5-9/h1-5,8,13,15H,6-7H2,(H,12,14). The van der Waals surface area contributed by atoms with Crippen LogP contribution in [0.2, 0.25) is 0 Å². The average molecular weight is 203 g/mol. The van der Waals surface area contributed by atoms with Gasteiger partial charge in [-0.2, -0.15) is 0 Å². The van der Waals surface area contributed by atoms with E-state index in [4.69, 9.17) is 5.21 Å². The third-order valence-corrected chi connectivity index (χ3v) is 2.18. The lowest BCUT2D eigenvalue weighted by Gasteiger charge is -1.96. The first-order chi connectivity index (χ1) is 7.40. The molecule has 0 saturated heterocycles. The second-order valence-corrected chi connectivity index (χ2v) is 3.28. The lowest BCUT2D eigenvalue weighted by atomic mass is 10.2. The number of nitrogens with one attached hydrogen (secondary N) is 2. The van der Waals surface area contributed by atoms with Gasteiger partial charge in [-0.05, 0) is 0 Å². The Hall–Kier alpha value is -1.65. The lowest BCUT2D eigenvalue weighted by Crippen LogP contribution is -2.11. The molecule has 1 aromatic carbocycles. The van der Waals surface area contributed by atoms with E-state index in [2.05, 4.69) is 15.4 Å². The highest BCUT2D eigenvalue weighted by Crippen LogP contribution is 2.14. The van der Waals surface area contributed by atoms with E-state index in [1.807, 2.05) is 30.3 Å². The molecule has 0 fully saturated rings. The van der Waals surface area contributed by atoms with Crippen molar-refractivity contribution in [2.24, 2.45) is 0 Å². The van der Waals surface area contributed by atoms with Crippen LogP contribution >= 0.6 is 0 Å². The molecule has 3 N–H and O–H groups in total. The van der Waals surface area contributed by atoms with Gasteiger partial charge >= 0.3 is 0 Å². The fourth-order valence-electron chi connectivity index (χ4n) is 1.42. The maximum atomic E-state index is 8.47. The van der Waals surface area contributed by atoms with E-state index in [1.54, 1.807) is 6.20 Å². The van der Waals surface area contributed by atoms with Gasteiger partial charge in [-0.15, -0.1) is 0 Å². The number of rotatable bonds is 4. The molecule has 78 valence electrons. The van der Waals surface area contributed by atoms with Crippen LogP contribution in [0.25, 0.3) is 11.4 Å². The van der Waals surface area contributed by atoms with E-state index < -0.39 is 0 Å². The van der Waals surface area contributed by atoms with Crippen LogP contribution in [0.3, 0.4) is 0 Å². The monoisotopic (exact) mass is 203 g/mol. The summed E-state index contributed by atoms with van der Waals surface area (Å²) in [5, 5.41) is 8.47. The van der Waals surface area contributed by atoms with Crippen molar-refractivity contribution in [3.05, 3.63) is 42.2 Å². The zero-order chi connectivity index (χ0) is 10.5. The predicted octanol–water partition coefficient (Wildman–Crippen LogP) is 1.60. The molecule has 0 atom stereocenters. The molecule has 0 saturated carbocycles. The first-order valence-corrected chi connectivity index (χ1v) is 4.86. The highest BCUT2D eigenvalue weighted by molar-refractivity contribution is 5.54. The molecular formula is C11H13N3O. The number of hydrogen-bond donors (Lipinski definition) is 3. The summed E-state index contributed by atoms with van der Waals surface area (Å²) in [5.41, 5.74) is 4.20. The number of nitrogens with zero attached hydrogens (tertiary/aromatic N) is 1. The second-order valence-electron chi connectivity index (χ2n) is 3.28. The fraction of sp³-hybridized carbons (Fsp3) is 0.182. The highest BCUT2D eigenvalue weighted by atomic mass is 16.5. The SMILES string of the molecule is ONCCc1cnc(-c2ccccc2)[nH]1. The number of hydroxylamine groups is 1.